The molecule has 1 N–H and O–H groups in total. The van der Waals surface area contributed by atoms with Crippen LogP contribution in [0.5, 0.6) is 11.5 Å². The topological polar surface area (TPSA) is 94.8 Å². The van der Waals surface area contributed by atoms with Gasteiger partial charge in [0, 0.05) is 48.7 Å². The van der Waals surface area contributed by atoms with Crippen molar-refractivity contribution in [2.24, 2.45) is 7.05 Å². The second-order valence-corrected chi connectivity index (χ2v) is 10.8. The highest BCUT2D eigenvalue weighted by Crippen LogP contribution is 2.29. The smallest absolute Gasteiger partial charge is 0.327 e. The van der Waals surface area contributed by atoms with Gasteiger partial charge in [0.25, 0.3) is 0 Å². The van der Waals surface area contributed by atoms with Crippen molar-refractivity contribution in [3.05, 3.63) is 99.1 Å². The first-order valence-corrected chi connectivity index (χ1v) is 12.7. The van der Waals surface area contributed by atoms with Crippen LogP contribution in [0, 0.1) is 5.82 Å². The van der Waals surface area contributed by atoms with Crippen molar-refractivity contribution in [1.82, 2.24) is 24.3 Å². The molecule has 0 spiro atoms. The van der Waals surface area contributed by atoms with Gasteiger partial charge < -0.3 is 4.74 Å². The third-order valence-corrected chi connectivity index (χ3v) is 6.65. The molecule has 2 aromatic carbocycles. The van der Waals surface area contributed by atoms with Crippen LogP contribution in [0.25, 0.3) is 16.9 Å². The summed E-state index contributed by atoms with van der Waals surface area (Å²) >= 11 is 6.05. The number of Topliss-reactive ketones (excluding diaryl/α,β-unsaturated/α-hetero) is 1. The van der Waals surface area contributed by atoms with Crippen molar-refractivity contribution in [3.63, 3.8) is 0 Å². The van der Waals surface area contributed by atoms with Crippen molar-refractivity contribution in [2.75, 3.05) is 0 Å². The molecule has 0 amide bonds. The van der Waals surface area contributed by atoms with Crippen molar-refractivity contribution in [1.29, 1.82) is 0 Å². The molecule has 0 aliphatic carbocycles. The van der Waals surface area contributed by atoms with Crippen LogP contribution in [0.2, 0.25) is 5.02 Å². The number of H-pyrrole nitrogens is 1. The number of ketones is 1. The van der Waals surface area contributed by atoms with Crippen LogP contribution in [-0.2, 0) is 30.1 Å². The molecule has 3 heterocycles. The predicted octanol–water partition coefficient (Wildman–Crippen LogP) is 6.32. The average molecular weight is 564 g/mol. The maximum Gasteiger partial charge on any atom is 0.327 e. The van der Waals surface area contributed by atoms with Gasteiger partial charge in [0.1, 0.15) is 22.9 Å². The number of carbonyl (C=O) groups excluding carboxylic acids is 1. The first kappa shape index (κ1) is 28.8. The number of hydrogen-bond donors (Lipinski definition) is 1. The van der Waals surface area contributed by atoms with E-state index >= 15 is 4.39 Å². The first-order valence-electron chi connectivity index (χ1n) is 12.4. The van der Waals surface area contributed by atoms with E-state index in [0.717, 1.165) is 11.4 Å². The van der Waals surface area contributed by atoms with Crippen LogP contribution in [0.4, 0.5) is 4.39 Å². The molecule has 0 atom stereocenters. The molecule has 0 bridgehead atoms. The van der Waals surface area contributed by atoms with Gasteiger partial charge in [0.05, 0.1) is 17.1 Å². The molecule has 0 saturated heterocycles. The fourth-order valence-corrected chi connectivity index (χ4v) is 4.40. The number of nitrogens with zero attached hydrogens (tertiary/aromatic N) is 4. The summed E-state index contributed by atoms with van der Waals surface area (Å²) in [5, 5.41) is 5.35. The van der Waals surface area contributed by atoms with E-state index in [1.54, 1.807) is 36.0 Å². The van der Waals surface area contributed by atoms with E-state index in [4.69, 9.17) is 21.4 Å². The quantitative estimate of drug-likeness (QED) is 0.250. The first-order chi connectivity index (χ1) is 18.5. The Kier molecular flexibility index (Phi) is 7.98. The Morgan fingerprint density at radius 2 is 1.80 bits per heavy atom. The van der Waals surface area contributed by atoms with Gasteiger partial charge in [-0.1, -0.05) is 45.9 Å². The largest absolute Gasteiger partial charge is 0.455 e. The molecule has 40 heavy (non-hydrogen) atoms. The van der Waals surface area contributed by atoms with Gasteiger partial charge >= 0.3 is 5.69 Å². The summed E-state index contributed by atoms with van der Waals surface area (Å²) in [6.07, 6.45) is 1.49. The third kappa shape index (κ3) is 5.84. The molecule has 0 aliphatic rings. The minimum Gasteiger partial charge on any atom is -0.455 e. The van der Waals surface area contributed by atoms with E-state index in [9.17, 15) is 9.59 Å². The highest BCUT2D eigenvalue weighted by atomic mass is 35.5. The molecule has 0 aliphatic heterocycles. The van der Waals surface area contributed by atoms with E-state index in [1.165, 1.54) is 22.9 Å². The number of halogens is 2. The van der Waals surface area contributed by atoms with E-state index in [2.05, 4.69) is 30.7 Å². The fourth-order valence-electron chi connectivity index (χ4n) is 4.28. The maximum absolute atomic E-state index is 15.1. The summed E-state index contributed by atoms with van der Waals surface area (Å²) in [5.74, 6) is -0.123. The molecule has 5 aromatic rings. The van der Waals surface area contributed by atoms with Gasteiger partial charge in [0.15, 0.2) is 11.4 Å². The Labute approximate surface area is 236 Å². The zero-order valence-electron chi connectivity index (χ0n) is 22.0. The predicted molar refractivity (Wildman–Crippen MR) is 154 cm³/mol. The number of hydrogen-bond acceptors (Lipinski definition) is 5. The molecule has 10 heteroatoms. The second kappa shape index (κ2) is 11.1. The summed E-state index contributed by atoms with van der Waals surface area (Å²) in [4.78, 5) is 31.8. The Morgan fingerprint density at radius 3 is 2.48 bits per heavy atom. The maximum atomic E-state index is 15.1. The SMILES string of the molecule is C.Cn1c(=O)[nH]c2nccc(Oc3ccc(CC(=O)Cc4cc(C(C)(C)C)nn4-c4ccc(Cl)cc4)c(F)c3)c21. The number of aromatic amines is 1. The molecule has 3 aromatic heterocycles. The van der Waals surface area contributed by atoms with E-state index < -0.39 is 5.82 Å². The minimum atomic E-state index is -0.560. The molecular formula is C30H31ClFN5O3. The van der Waals surface area contributed by atoms with Crippen LogP contribution >= 0.6 is 11.6 Å². The highest BCUT2D eigenvalue weighted by Gasteiger charge is 2.22. The number of benzene rings is 2. The number of imidazole rings is 1. The van der Waals surface area contributed by atoms with Crippen LogP contribution in [-0.4, -0.2) is 30.1 Å². The zero-order valence-corrected chi connectivity index (χ0v) is 22.7. The number of rotatable bonds is 7. The summed E-state index contributed by atoms with van der Waals surface area (Å²) < 4.78 is 24.0. The number of ether oxygens (including phenoxy) is 1. The number of pyridine rings is 1. The molecule has 8 nitrogen and oxygen atoms in total. The monoisotopic (exact) mass is 563 g/mol. The molecule has 0 saturated carbocycles. The lowest BCUT2D eigenvalue weighted by atomic mass is 9.92. The highest BCUT2D eigenvalue weighted by molar-refractivity contribution is 6.30. The second-order valence-electron chi connectivity index (χ2n) is 10.4. The summed E-state index contributed by atoms with van der Waals surface area (Å²) in [6.45, 7) is 6.16. The molecule has 5 rings (SSSR count). The number of fused-ring (bicyclic) bond motifs is 1. The van der Waals surface area contributed by atoms with Gasteiger partial charge in [-0.3, -0.25) is 14.3 Å². The molecule has 0 radical (unpaired) electrons. The Morgan fingerprint density at radius 1 is 1.07 bits per heavy atom. The molecule has 208 valence electrons. The summed E-state index contributed by atoms with van der Waals surface area (Å²) in [5.41, 5.74) is 2.89. The number of aryl methyl sites for hydroxylation is 1. The van der Waals surface area contributed by atoms with Crippen molar-refractivity contribution >= 4 is 28.5 Å². The normalized spacial score (nSPS) is 11.4. The Hall–Kier alpha value is -4.24. The van der Waals surface area contributed by atoms with E-state index in [0.29, 0.717) is 27.6 Å². The summed E-state index contributed by atoms with van der Waals surface area (Å²) in [6, 6.07) is 15.1. The minimum absolute atomic E-state index is 0. The number of aromatic nitrogens is 5. The van der Waals surface area contributed by atoms with Crippen molar-refractivity contribution in [3.8, 4) is 17.2 Å². The lowest BCUT2D eigenvalue weighted by Crippen LogP contribution is -2.13. The molecule has 0 fully saturated rings. The van der Waals surface area contributed by atoms with Crippen LogP contribution in [0.15, 0.2) is 65.6 Å². The standard InChI is InChI=1S/C29H27ClFN5O3.CH4/c1-29(2,3)25-15-20(36(34-25)19-8-6-18(30)7-9-19)14-21(37)13-17-5-10-22(16-23(17)31)39-24-11-12-32-27-26(24)35(4)28(38)33-27;/h5-12,15-16H,13-14H2,1-4H3,(H,32,33,38);1H4. The number of nitrogens with one attached hydrogen (secondary N) is 1. The number of carbonyl (C=O) groups is 1. The van der Waals surface area contributed by atoms with Gasteiger partial charge in [-0.2, -0.15) is 5.10 Å². The van der Waals surface area contributed by atoms with Crippen LogP contribution in [0.3, 0.4) is 0 Å². The third-order valence-electron chi connectivity index (χ3n) is 6.39. The van der Waals surface area contributed by atoms with Crippen LogP contribution < -0.4 is 10.4 Å². The van der Waals surface area contributed by atoms with Crippen molar-refractivity contribution in [2.45, 2.75) is 46.5 Å². The Balaban J connectivity index is 0.00000370. The zero-order chi connectivity index (χ0) is 27.9. The Bertz CT molecular complexity index is 1750. The van der Waals surface area contributed by atoms with Gasteiger partial charge in [-0.25, -0.2) is 18.9 Å². The van der Waals surface area contributed by atoms with Gasteiger partial charge in [-0.05, 0) is 42.0 Å². The van der Waals surface area contributed by atoms with Gasteiger partial charge in [-0.15, -0.1) is 0 Å². The average Bonchev–Trinajstić information content (AvgIpc) is 3.42. The molecule has 0 unspecified atom stereocenters. The van der Waals surface area contributed by atoms with Crippen LogP contribution in [0.1, 0.15) is 45.1 Å². The lowest BCUT2D eigenvalue weighted by Gasteiger charge is -2.14. The van der Waals surface area contributed by atoms with E-state index in [1.807, 2.05) is 18.2 Å². The van der Waals surface area contributed by atoms with E-state index in [-0.39, 0.29) is 48.5 Å². The summed E-state index contributed by atoms with van der Waals surface area (Å²) in [7, 11) is 1.59. The van der Waals surface area contributed by atoms with Crippen molar-refractivity contribution < 1.29 is 13.9 Å². The fraction of sp³-hybridized carbons (Fsp3) is 0.267. The van der Waals surface area contributed by atoms with Gasteiger partial charge in [0.2, 0.25) is 0 Å². The molecular weight excluding hydrogens is 533 g/mol. The lowest BCUT2D eigenvalue weighted by molar-refractivity contribution is -0.117.